The van der Waals surface area contributed by atoms with Crippen molar-refractivity contribution in [1.29, 1.82) is 0 Å². The molecule has 1 heterocycles. The van der Waals surface area contributed by atoms with Crippen LogP contribution in [0.25, 0.3) is 0 Å². The average molecular weight is 247 g/mol. The number of hydrogen-bond donors (Lipinski definition) is 1. The van der Waals surface area contributed by atoms with Crippen LogP contribution in [0.3, 0.4) is 0 Å². The highest BCUT2D eigenvalue weighted by Crippen LogP contribution is 2.21. The van der Waals surface area contributed by atoms with E-state index in [0.717, 1.165) is 6.26 Å². The summed E-state index contributed by atoms with van der Waals surface area (Å²) in [5.74, 6) is 0. The Morgan fingerprint density at radius 1 is 1.22 bits per heavy atom. The summed E-state index contributed by atoms with van der Waals surface area (Å²) >= 11 is 0. The third-order valence-corrected chi connectivity index (χ3v) is 2.49. The predicted molar refractivity (Wildman–Crippen MR) is 62.1 cm³/mol. The number of nitro benzene ring substituents is 1. The van der Waals surface area contributed by atoms with Crippen molar-refractivity contribution in [2.45, 2.75) is 6.10 Å². The maximum atomic E-state index is 11.5. The molecule has 6 heteroatoms. The number of nitro groups is 1. The molecule has 1 aromatic heterocycles. The molecule has 0 saturated carbocycles. The van der Waals surface area contributed by atoms with Gasteiger partial charge in [-0.25, -0.2) is 0 Å². The van der Waals surface area contributed by atoms with Gasteiger partial charge in [-0.15, -0.1) is 0 Å². The minimum absolute atomic E-state index is 0.0777. The van der Waals surface area contributed by atoms with E-state index >= 15 is 0 Å². The van der Waals surface area contributed by atoms with E-state index in [2.05, 4.69) is 0 Å². The van der Waals surface area contributed by atoms with Crippen LogP contribution in [0.4, 0.5) is 5.69 Å². The zero-order valence-electron chi connectivity index (χ0n) is 9.15. The lowest BCUT2D eigenvalue weighted by Crippen LogP contribution is -2.12. The van der Waals surface area contributed by atoms with Gasteiger partial charge in [-0.2, -0.15) is 0 Å². The van der Waals surface area contributed by atoms with Crippen LogP contribution in [0.15, 0.2) is 52.1 Å². The lowest BCUT2D eigenvalue weighted by molar-refractivity contribution is -0.384. The van der Waals surface area contributed by atoms with Crippen LogP contribution in [-0.2, 0) is 0 Å². The molecule has 0 aliphatic carbocycles. The minimum Gasteiger partial charge on any atom is -0.472 e. The van der Waals surface area contributed by atoms with E-state index < -0.39 is 11.0 Å². The Labute approximate surface area is 101 Å². The molecule has 18 heavy (non-hydrogen) atoms. The molecule has 1 unspecified atom stereocenters. The van der Waals surface area contributed by atoms with Crippen LogP contribution in [-0.4, -0.2) is 10.0 Å². The van der Waals surface area contributed by atoms with Gasteiger partial charge in [-0.3, -0.25) is 14.9 Å². The Balaban J connectivity index is 2.35. The minimum atomic E-state index is -1.16. The summed E-state index contributed by atoms with van der Waals surface area (Å²) in [4.78, 5) is 21.4. The van der Waals surface area contributed by atoms with Crippen molar-refractivity contribution in [3.05, 3.63) is 74.3 Å². The molecule has 1 N–H and O–H groups in total. The van der Waals surface area contributed by atoms with Gasteiger partial charge in [0.15, 0.2) is 5.43 Å². The number of hydrogen-bond acceptors (Lipinski definition) is 5. The van der Waals surface area contributed by atoms with Crippen LogP contribution in [0.2, 0.25) is 0 Å². The third kappa shape index (κ3) is 2.28. The Kier molecular flexibility index (Phi) is 3.20. The van der Waals surface area contributed by atoms with Crippen molar-refractivity contribution in [3.8, 4) is 0 Å². The number of benzene rings is 1. The molecular weight excluding hydrogens is 238 g/mol. The van der Waals surface area contributed by atoms with Gasteiger partial charge in [0.05, 0.1) is 16.7 Å². The van der Waals surface area contributed by atoms with Crippen molar-refractivity contribution >= 4 is 5.69 Å². The van der Waals surface area contributed by atoms with Crippen LogP contribution in [0.1, 0.15) is 17.2 Å². The molecule has 0 fully saturated rings. The molecule has 1 atom stereocenters. The van der Waals surface area contributed by atoms with E-state index in [0.29, 0.717) is 5.56 Å². The fourth-order valence-electron chi connectivity index (χ4n) is 1.53. The first kappa shape index (κ1) is 12.0. The van der Waals surface area contributed by atoms with Gasteiger partial charge >= 0.3 is 0 Å². The summed E-state index contributed by atoms with van der Waals surface area (Å²) in [5, 5.41) is 20.5. The molecule has 0 bridgehead atoms. The van der Waals surface area contributed by atoms with Gasteiger partial charge < -0.3 is 9.52 Å². The molecule has 1 aromatic carbocycles. The number of aliphatic hydroxyl groups is 1. The van der Waals surface area contributed by atoms with Gasteiger partial charge in [0, 0.05) is 18.2 Å². The molecule has 0 radical (unpaired) electrons. The lowest BCUT2D eigenvalue weighted by Gasteiger charge is -2.09. The highest BCUT2D eigenvalue weighted by Gasteiger charge is 2.15. The number of rotatable bonds is 3. The van der Waals surface area contributed by atoms with Gasteiger partial charge in [0.2, 0.25) is 0 Å². The van der Waals surface area contributed by atoms with Crippen molar-refractivity contribution < 1.29 is 14.4 Å². The summed E-state index contributed by atoms with van der Waals surface area (Å²) in [7, 11) is 0. The predicted octanol–water partition coefficient (Wildman–Crippen LogP) is 1.63. The normalized spacial score (nSPS) is 12.1. The lowest BCUT2D eigenvalue weighted by atomic mass is 10.0. The molecule has 0 spiro atoms. The summed E-state index contributed by atoms with van der Waals surface area (Å²) < 4.78 is 4.83. The summed E-state index contributed by atoms with van der Waals surface area (Å²) in [6, 6.07) is 6.53. The Morgan fingerprint density at radius 2 is 1.89 bits per heavy atom. The summed E-state index contributed by atoms with van der Waals surface area (Å²) in [6.45, 7) is 0. The topological polar surface area (TPSA) is 93.6 Å². The van der Waals surface area contributed by atoms with Crippen LogP contribution in [0.5, 0.6) is 0 Å². The molecular formula is C12H9NO5. The Bertz CT molecular complexity index is 617. The molecule has 2 aromatic rings. The highest BCUT2D eigenvalue weighted by atomic mass is 16.6. The average Bonchev–Trinajstić information content (AvgIpc) is 2.38. The largest absolute Gasteiger partial charge is 0.472 e. The standard InChI is InChI=1S/C12H9NO5/c14-11-5-6-18-7-10(11)12(15)8-1-3-9(4-2-8)13(16)17/h1-7,12,15H. The first-order chi connectivity index (χ1) is 8.59. The van der Waals surface area contributed by atoms with Gasteiger partial charge in [-0.1, -0.05) is 0 Å². The summed E-state index contributed by atoms with van der Waals surface area (Å²) in [6.07, 6.45) is 1.21. The number of aliphatic hydroxyl groups excluding tert-OH is 1. The first-order valence-electron chi connectivity index (χ1n) is 5.08. The Morgan fingerprint density at radius 3 is 2.44 bits per heavy atom. The van der Waals surface area contributed by atoms with E-state index in [1.54, 1.807) is 0 Å². The molecule has 0 aliphatic rings. The van der Waals surface area contributed by atoms with Crippen molar-refractivity contribution in [2.24, 2.45) is 0 Å². The number of non-ortho nitro benzene ring substituents is 1. The van der Waals surface area contributed by atoms with Crippen LogP contribution < -0.4 is 5.43 Å². The van der Waals surface area contributed by atoms with Crippen LogP contribution >= 0.6 is 0 Å². The second kappa shape index (κ2) is 4.80. The highest BCUT2D eigenvalue weighted by molar-refractivity contribution is 5.36. The molecule has 0 aliphatic heterocycles. The van der Waals surface area contributed by atoms with E-state index in [1.165, 1.54) is 36.6 Å². The zero-order chi connectivity index (χ0) is 13.1. The molecule has 92 valence electrons. The fraction of sp³-hybridized carbons (Fsp3) is 0.0833. The van der Waals surface area contributed by atoms with E-state index in [9.17, 15) is 20.0 Å². The second-order valence-corrected chi connectivity index (χ2v) is 3.63. The maximum absolute atomic E-state index is 11.5. The monoisotopic (exact) mass is 247 g/mol. The maximum Gasteiger partial charge on any atom is 0.269 e. The van der Waals surface area contributed by atoms with Gasteiger partial charge in [-0.05, 0) is 17.7 Å². The summed E-state index contributed by atoms with van der Waals surface area (Å²) in [5.41, 5.74) is 0.0450. The van der Waals surface area contributed by atoms with E-state index in [1.807, 2.05) is 0 Å². The molecule has 2 rings (SSSR count). The van der Waals surface area contributed by atoms with Gasteiger partial charge in [0.1, 0.15) is 12.4 Å². The third-order valence-electron chi connectivity index (χ3n) is 2.49. The van der Waals surface area contributed by atoms with Gasteiger partial charge in [0.25, 0.3) is 5.69 Å². The molecule has 0 amide bonds. The molecule has 6 nitrogen and oxygen atoms in total. The zero-order valence-corrected chi connectivity index (χ0v) is 9.15. The smallest absolute Gasteiger partial charge is 0.269 e. The first-order valence-corrected chi connectivity index (χ1v) is 5.08. The van der Waals surface area contributed by atoms with Crippen molar-refractivity contribution in [3.63, 3.8) is 0 Å². The quantitative estimate of drug-likeness (QED) is 0.657. The fourth-order valence-corrected chi connectivity index (χ4v) is 1.53. The van der Waals surface area contributed by atoms with Crippen molar-refractivity contribution in [2.75, 3.05) is 0 Å². The second-order valence-electron chi connectivity index (χ2n) is 3.63. The van der Waals surface area contributed by atoms with Crippen LogP contribution in [0, 0.1) is 10.1 Å². The van der Waals surface area contributed by atoms with Crippen molar-refractivity contribution in [1.82, 2.24) is 0 Å². The van der Waals surface area contributed by atoms with E-state index in [-0.39, 0.29) is 16.7 Å². The Hall–Kier alpha value is -2.47. The number of nitrogens with zero attached hydrogens (tertiary/aromatic N) is 1. The van der Waals surface area contributed by atoms with E-state index in [4.69, 9.17) is 4.42 Å². The molecule has 0 saturated heterocycles. The SMILES string of the molecule is O=c1ccocc1C(O)c1ccc([N+](=O)[O-])cc1.